The first-order valence-corrected chi connectivity index (χ1v) is 19.1. The summed E-state index contributed by atoms with van der Waals surface area (Å²) < 4.78 is 44.9. The Morgan fingerprint density at radius 3 is 2.33 bits per heavy atom. The van der Waals surface area contributed by atoms with Crippen LogP contribution in [0.5, 0.6) is 0 Å². The van der Waals surface area contributed by atoms with E-state index in [1.807, 2.05) is 0 Å². The lowest BCUT2D eigenvalue weighted by atomic mass is 9.90. The summed E-state index contributed by atoms with van der Waals surface area (Å²) in [5.74, 6) is -2.26. The van der Waals surface area contributed by atoms with Gasteiger partial charge in [-0.15, -0.1) is 0 Å². The lowest BCUT2D eigenvalue weighted by Gasteiger charge is -2.47. The fourth-order valence-corrected chi connectivity index (χ4v) is 8.20. The number of amides is 3. The predicted molar refractivity (Wildman–Crippen MR) is 203 cm³/mol. The Morgan fingerprint density at radius 1 is 1.03 bits per heavy atom. The van der Waals surface area contributed by atoms with Crippen LogP contribution in [0.15, 0.2) is 42.7 Å². The number of piperazine rings is 1. The number of nitrogens with zero attached hydrogens (tertiary/aromatic N) is 8. The summed E-state index contributed by atoms with van der Waals surface area (Å²) in [5, 5.41) is 21.2. The van der Waals surface area contributed by atoms with Gasteiger partial charge < -0.3 is 50.9 Å². The van der Waals surface area contributed by atoms with Crippen LogP contribution in [0.25, 0.3) is 17.1 Å². The second-order valence-electron chi connectivity index (χ2n) is 15.1. The molecular weight excluding hydrogens is 785 g/mol. The highest BCUT2D eigenvalue weighted by Gasteiger charge is 2.42. The molecule has 6 N–H and O–H groups in total. The van der Waals surface area contributed by atoms with Crippen molar-refractivity contribution in [2.24, 2.45) is 18.9 Å². The first kappa shape index (κ1) is 40.5. The van der Waals surface area contributed by atoms with Gasteiger partial charge in [-0.2, -0.15) is 18.3 Å². The minimum absolute atomic E-state index is 0.00660. The van der Waals surface area contributed by atoms with Crippen molar-refractivity contribution in [2.45, 2.75) is 19.0 Å². The van der Waals surface area contributed by atoms with Crippen molar-refractivity contribution in [2.75, 3.05) is 82.2 Å². The number of piperidine rings is 1. The Bertz CT molecular complexity index is 2240. The van der Waals surface area contributed by atoms with Gasteiger partial charge in [0, 0.05) is 82.9 Å². The molecule has 0 unspecified atom stereocenters. The number of anilines is 3. The summed E-state index contributed by atoms with van der Waals surface area (Å²) in [5.41, 5.74) is 10.3. The number of halogens is 4. The van der Waals surface area contributed by atoms with Crippen molar-refractivity contribution in [3.8, 4) is 17.1 Å². The first-order chi connectivity index (χ1) is 27.5. The maximum absolute atomic E-state index is 14.1. The fraction of sp³-hybridized carbons (Fsp3) is 0.432. The third-order valence-corrected chi connectivity index (χ3v) is 11.5. The first-order valence-electron chi connectivity index (χ1n) is 18.7. The Labute approximate surface area is 335 Å². The molecule has 0 spiro atoms. The molecular formula is C37H42ClF3N12O5. The van der Waals surface area contributed by atoms with Gasteiger partial charge in [-0.05, 0) is 30.3 Å². The molecule has 3 fully saturated rings. The van der Waals surface area contributed by atoms with E-state index in [2.05, 4.69) is 25.7 Å². The molecule has 58 heavy (non-hydrogen) atoms. The number of rotatable bonds is 10. The van der Waals surface area contributed by atoms with E-state index in [9.17, 15) is 37.5 Å². The zero-order chi connectivity index (χ0) is 41.5. The van der Waals surface area contributed by atoms with Crippen LogP contribution in [0.2, 0.25) is 5.02 Å². The average Bonchev–Trinajstić information content (AvgIpc) is 3.78. The highest BCUT2D eigenvalue weighted by Crippen LogP contribution is 2.37. The second-order valence-corrected chi connectivity index (χ2v) is 15.5. The number of aromatic nitrogens is 5. The molecule has 3 aliphatic heterocycles. The number of likely N-dealkylation sites (tertiary alicyclic amines) is 1. The number of imidazole rings is 1. The Hall–Kier alpha value is -5.73. The zero-order valence-electron chi connectivity index (χ0n) is 31.5. The summed E-state index contributed by atoms with van der Waals surface area (Å²) in [6, 6.07) is 7.07. The number of quaternary nitrogens is 1. The number of benzene rings is 1. The van der Waals surface area contributed by atoms with Gasteiger partial charge in [-0.3, -0.25) is 14.4 Å². The van der Waals surface area contributed by atoms with Gasteiger partial charge in [-0.25, -0.2) is 14.6 Å². The molecule has 3 saturated heterocycles. The van der Waals surface area contributed by atoms with Gasteiger partial charge in [0.2, 0.25) is 5.91 Å². The molecule has 1 aromatic carbocycles. The van der Waals surface area contributed by atoms with Gasteiger partial charge in [0.25, 0.3) is 11.8 Å². The van der Waals surface area contributed by atoms with Gasteiger partial charge in [0.05, 0.1) is 59.3 Å². The standard InChI is InChI=1S/C37H42ClF3N12O5/c1-49-28(25-18-52(48-31(25)37(39,40)41)29-5-4-27(42)32(43)47-29)17-45-33(49)34(56)46-23-2-3-24(26(38)14-23)36(58)51-10-8-50(9-11-51)35(57)22-6-12-53(13-7-22,20-30(54)55)19-21-15-44-16-21/h2-5,14,17-18,21-22,44H,6-13,15-16,19-20H2,1H3,(H5-,42,43,45,46,47,54,55,56,58). The third kappa shape index (κ3) is 8.30. The number of pyridine rings is 1. The number of carbonyl (C=O) groups excluding carboxylic acids is 4. The molecule has 3 amide bonds. The molecule has 3 aromatic heterocycles. The third-order valence-electron chi connectivity index (χ3n) is 11.2. The quantitative estimate of drug-likeness (QED) is 0.167. The molecule has 0 saturated carbocycles. The summed E-state index contributed by atoms with van der Waals surface area (Å²) in [4.78, 5) is 63.3. The van der Waals surface area contributed by atoms with Crippen LogP contribution in [-0.4, -0.2) is 128 Å². The van der Waals surface area contributed by atoms with Crippen molar-refractivity contribution in [3.05, 3.63) is 64.8 Å². The van der Waals surface area contributed by atoms with Gasteiger partial charge in [0.15, 0.2) is 17.3 Å². The maximum Gasteiger partial charge on any atom is 0.435 e. The number of carboxylic acids is 1. The normalized spacial score (nSPS) is 20.1. The van der Waals surface area contributed by atoms with Crippen LogP contribution in [0, 0.1) is 11.8 Å². The monoisotopic (exact) mass is 826 g/mol. The number of carbonyl (C=O) groups is 4. The number of hydrogen-bond donors (Lipinski definition) is 4. The number of nitrogens with one attached hydrogen (secondary N) is 2. The zero-order valence-corrected chi connectivity index (χ0v) is 32.2. The fourth-order valence-electron chi connectivity index (χ4n) is 7.94. The van der Waals surface area contributed by atoms with E-state index in [0.29, 0.717) is 49.4 Å². The van der Waals surface area contributed by atoms with Crippen LogP contribution in [0.3, 0.4) is 0 Å². The van der Waals surface area contributed by atoms with Crippen LogP contribution in [0.1, 0.15) is 39.5 Å². The molecule has 3 aliphatic rings. The number of alkyl halides is 3. The number of nitrogens with two attached hydrogens (primary N) is 2. The van der Waals surface area contributed by atoms with E-state index in [0.717, 1.165) is 36.7 Å². The molecule has 0 atom stereocenters. The topological polar surface area (TPSA) is 222 Å². The summed E-state index contributed by atoms with van der Waals surface area (Å²) >= 11 is 6.53. The van der Waals surface area contributed by atoms with E-state index in [1.165, 1.54) is 41.9 Å². The molecule has 0 bridgehead atoms. The molecule has 0 radical (unpaired) electrons. The van der Waals surface area contributed by atoms with Crippen molar-refractivity contribution < 1.29 is 41.9 Å². The molecule has 0 aliphatic carbocycles. The van der Waals surface area contributed by atoms with E-state index in [1.54, 1.807) is 9.80 Å². The molecule has 7 rings (SSSR count). The number of nitrogen functional groups attached to an aromatic ring is 2. The highest BCUT2D eigenvalue weighted by molar-refractivity contribution is 6.34. The van der Waals surface area contributed by atoms with E-state index in [-0.39, 0.29) is 88.0 Å². The van der Waals surface area contributed by atoms with Crippen molar-refractivity contribution in [3.63, 3.8) is 0 Å². The van der Waals surface area contributed by atoms with Gasteiger partial charge in [-0.1, -0.05) is 11.6 Å². The van der Waals surface area contributed by atoms with E-state index in [4.69, 9.17) is 23.1 Å². The smallest absolute Gasteiger partial charge is 0.435 e. The van der Waals surface area contributed by atoms with E-state index < -0.39 is 23.7 Å². The Morgan fingerprint density at radius 2 is 1.72 bits per heavy atom. The number of aliphatic carboxylic acids is 1. The van der Waals surface area contributed by atoms with E-state index >= 15 is 0 Å². The van der Waals surface area contributed by atoms with Crippen molar-refractivity contribution >= 4 is 52.5 Å². The second kappa shape index (κ2) is 15.9. The van der Waals surface area contributed by atoms with Crippen molar-refractivity contribution in [1.29, 1.82) is 0 Å². The van der Waals surface area contributed by atoms with Crippen molar-refractivity contribution in [1.82, 2.24) is 39.4 Å². The van der Waals surface area contributed by atoms with Crippen LogP contribution < -0.4 is 27.2 Å². The maximum atomic E-state index is 14.1. The summed E-state index contributed by atoms with van der Waals surface area (Å²) in [7, 11) is 1.38. The lowest BCUT2D eigenvalue weighted by molar-refractivity contribution is -0.931. The SMILES string of the molecule is Cn1c(-c2cn(-c3ccc(N)c(N)n3)nc2C(F)(F)F)cnc1C(=O)Nc1ccc(C(=O)N2CCN(C(=O)C3CC[N+](CC(=O)[O-])(CC4CNC4)CC3)CC2)c(Cl)c1. The minimum atomic E-state index is -4.87. The number of hydrogen-bond acceptors (Lipinski definition) is 11. The molecule has 21 heteroatoms. The molecule has 308 valence electrons. The summed E-state index contributed by atoms with van der Waals surface area (Å²) in [6.45, 7) is 4.90. The van der Waals surface area contributed by atoms with Gasteiger partial charge in [0.1, 0.15) is 12.4 Å². The largest absolute Gasteiger partial charge is 0.544 e. The average molecular weight is 827 g/mol. The Balaban J connectivity index is 0.960. The van der Waals surface area contributed by atoms with Crippen LogP contribution in [0.4, 0.5) is 30.4 Å². The molecule has 4 aromatic rings. The number of carboxylic acid groups (broad SMARTS) is 1. The lowest BCUT2D eigenvalue weighted by Crippen LogP contribution is -2.63. The highest BCUT2D eigenvalue weighted by atomic mass is 35.5. The van der Waals surface area contributed by atoms with Gasteiger partial charge >= 0.3 is 6.18 Å². The summed E-state index contributed by atoms with van der Waals surface area (Å²) in [6.07, 6.45) is -1.46. The molecule has 17 nitrogen and oxygen atoms in total. The minimum Gasteiger partial charge on any atom is -0.544 e. The van der Waals surface area contributed by atoms with Crippen LogP contribution in [-0.2, 0) is 22.8 Å². The van der Waals surface area contributed by atoms with Crippen LogP contribution >= 0.6 is 11.6 Å². The predicted octanol–water partition coefficient (Wildman–Crippen LogP) is 1.24. The Kier molecular flexibility index (Phi) is 11.1. The molecule has 6 heterocycles.